The highest BCUT2D eigenvalue weighted by molar-refractivity contribution is 6.06. The quantitative estimate of drug-likeness (QED) is 0.453. The Morgan fingerprint density at radius 3 is 2.25 bits per heavy atom. The van der Waals surface area contributed by atoms with Crippen molar-refractivity contribution in [3.05, 3.63) is 96.1 Å². The number of likely N-dealkylation sites (tertiary alicyclic amines) is 1. The molecule has 3 aromatic rings. The molecule has 1 atom stereocenters. The van der Waals surface area contributed by atoms with Crippen LogP contribution < -0.4 is 10.1 Å². The number of ether oxygens (including phenoxy) is 1. The fourth-order valence-corrected chi connectivity index (χ4v) is 3.80. The van der Waals surface area contributed by atoms with Crippen molar-refractivity contribution in [3.63, 3.8) is 0 Å². The van der Waals surface area contributed by atoms with Gasteiger partial charge in [0.05, 0.1) is 12.6 Å². The normalized spacial score (nSPS) is 15.8. The second-order valence-corrected chi connectivity index (χ2v) is 7.68. The zero-order valence-electron chi connectivity index (χ0n) is 17.6. The van der Waals surface area contributed by atoms with E-state index in [4.69, 9.17) is 4.74 Å². The van der Waals surface area contributed by atoms with Crippen LogP contribution >= 0.6 is 0 Å². The number of para-hydroxylation sites is 1. The number of amides is 2. The van der Waals surface area contributed by atoms with Crippen molar-refractivity contribution in [2.24, 2.45) is 0 Å². The topological polar surface area (TPSA) is 75.7 Å². The third kappa shape index (κ3) is 5.28. The summed E-state index contributed by atoms with van der Waals surface area (Å²) in [5.41, 5.74) is 0.946. The smallest absolute Gasteiger partial charge is 0.257 e. The van der Waals surface area contributed by atoms with Gasteiger partial charge in [0.25, 0.3) is 5.91 Å². The lowest BCUT2D eigenvalue weighted by atomic mass is 10.1. The Morgan fingerprint density at radius 2 is 1.50 bits per heavy atom. The third-order valence-corrected chi connectivity index (χ3v) is 5.42. The molecule has 1 aliphatic rings. The molecule has 0 spiro atoms. The molecule has 0 unspecified atom stereocenters. The average Bonchev–Trinajstić information content (AvgIpc) is 3.29. The van der Waals surface area contributed by atoms with Crippen molar-refractivity contribution in [1.82, 2.24) is 10.2 Å². The molecule has 0 aromatic heterocycles. The molecule has 6 heteroatoms. The van der Waals surface area contributed by atoms with Crippen LogP contribution in [-0.4, -0.2) is 41.6 Å². The Balaban J connectivity index is 1.38. The molecule has 2 amide bonds. The summed E-state index contributed by atoms with van der Waals surface area (Å²) < 4.78 is 5.82. The summed E-state index contributed by atoms with van der Waals surface area (Å²) >= 11 is 0. The van der Waals surface area contributed by atoms with Gasteiger partial charge in [-0.1, -0.05) is 48.5 Å². The molecule has 0 saturated carbocycles. The maximum Gasteiger partial charge on any atom is 0.257 e. The van der Waals surface area contributed by atoms with Gasteiger partial charge in [-0.05, 0) is 55.8 Å². The van der Waals surface area contributed by atoms with Crippen LogP contribution in [0.15, 0.2) is 84.9 Å². The fourth-order valence-electron chi connectivity index (χ4n) is 3.80. The molecule has 162 valence electrons. The summed E-state index contributed by atoms with van der Waals surface area (Å²) in [5.74, 6) is 0.366. The molecule has 0 bridgehead atoms. The van der Waals surface area contributed by atoms with Crippen LogP contribution in [0.25, 0.3) is 0 Å². The first-order valence-electron chi connectivity index (χ1n) is 10.6. The number of rotatable bonds is 7. The van der Waals surface area contributed by atoms with Gasteiger partial charge in [0, 0.05) is 11.1 Å². The van der Waals surface area contributed by atoms with Gasteiger partial charge in [-0.25, -0.2) is 0 Å². The van der Waals surface area contributed by atoms with Crippen LogP contribution in [0.3, 0.4) is 0 Å². The predicted octanol–water partition coefficient (Wildman–Crippen LogP) is 4.08. The molecule has 1 heterocycles. The maximum absolute atomic E-state index is 12.9. The highest BCUT2D eigenvalue weighted by Crippen LogP contribution is 2.23. The Hall–Kier alpha value is -3.77. The fraction of sp³-hybridized carbons (Fsp3) is 0.192. The second-order valence-electron chi connectivity index (χ2n) is 7.68. The largest absolute Gasteiger partial charge is 0.457 e. The van der Waals surface area contributed by atoms with Crippen LogP contribution in [0.5, 0.6) is 11.5 Å². The van der Waals surface area contributed by atoms with Gasteiger partial charge >= 0.3 is 0 Å². The molecule has 32 heavy (non-hydrogen) atoms. The molecule has 3 aromatic carbocycles. The van der Waals surface area contributed by atoms with E-state index in [2.05, 4.69) is 5.32 Å². The van der Waals surface area contributed by atoms with Gasteiger partial charge in [-0.2, -0.15) is 0 Å². The van der Waals surface area contributed by atoms with E-state index in [0.717, 1.165) is 6.42 Å². The second kappa shape index (κ2) is 10.0. The first-order valence-corrected chi connectivity index (χ1v) is 10.6. The number of benzene rings is 3. The SMILES string of the molecule is O=C(CN1CCC[C@H]1C(=O)NC(=O)c1ccccc1)c1cccc(Oc2ccccc2)c1. The van der Waals surface area contributed by atoms with Crippen molar-refractivity contribution in [3.8, 4) is 11.5 Å². The molecular weight excluding hydrogens is 404 g/mol. The average molecular weight is 428 g/mol. The van der Waals surface area contributed by atoms with E-state index < -0.39 is 11.9 Å². The van der Waals surface area contributed by atoms with Crippen LogP contribution in [0.1, 0.15) is 33.6 Å². The van der Waals surface area contributed by atoms with E-state index in [1.54, 1.807) is 48.5 Å². The van der Waals surface area contributed by atoms with Crippen molar-refractivity contribution in [2.45, 2.75) is 18.9 Å². The number of ketones is 1. The Kier molecular flexibility index (Phi) is 6.72. The molecule has 0 radical (unpaired) electrons. The van der Waals surface area contributed by atoms with E-state index in [1.165, 1.54) is 0 Å². The number of nitrogens with one attached hydrogen (secondary N) is 1. The molecule has 0 aliphatic carbocycles. The van der Waals surface area contributed by atoms with E-state index in [-0.39, 0.29) is 18.2 Å². The molecule has 4 rings (SSSR count). The molecule has 1 fully saturated rings. The minimum Gasteiger partial charge on any atom is -0.457 e. The Labute approximate surface area is 186 Å². The highest BCUT2D eigenvalue weighted by Gasteiger charge is 2.33. The summed E-state index contributed by atoms with van der Waals surface area (Å²) in [7, 11) is 0. The van der Waals surface area contributed by atoms with Crippen molar-refractivity contribution in [1.29, 1.82) is 0 Å². The monoisotopic (exact) mass is 428 g/mol. The number of carbonyl (C=O) groups excluding carboxylic acids is 3. The zero-order chi connectivity index (χ0) is 22.3. The Bertz CT molecular complexity index is 1100. The Morgan fingerprint density at radius 1 is 0.844 bits per heavy atom. The van der Waals surface area contributed by atoms with Crippen LogP contribution in [0.4, 0.5) is 0 Å². The molecule has 1 aliphatic heterocycles. The van der Waals surface area contributed by atoms with Crippen LogP contribution in [0, 0.1) is 0 Å². The lowest BCUT2D eigenvalue weighted by Crippen LogP contribution is -2.46. The molecule has 6 nitrogen and oxygen atoms in total. The highest BCUT2D eigenvalue weighted by atomic mass is 16.5. The van der Waals surface area contributed by atoms with Crippen molar-refractivity contribution >= 4 is 17.6 Å². The number of hydrogen-bond donors (Lipinski definition) is 1. The van der Waals surface area contributed by atoms with Gasteiger partial charge in [-0.15, -0.1) is 0 Å². The van der Waals surface area contributed by atoms with Gasteiger partial charge < -0.3 is 4.74 Å². The number of hydrogen-bond acceptors (Lipinski definition) is 5. The summed E-state index contributed by atoms with van der Waals surface area (Å²) in [4.78, 5) is 39.8. The number of carbonyl (C=O) groups is 3. The van der Waals surface area contributed by atoms with Crippen molar-refractivity contribution in [2.75, 3.05) is 13.1 Å². The van der Waals surface area contributed by atoms with Crippen LogP contribution in [0.2, 0.25) is 0 Å². The summed E-state index contributed by atoms with van der Waals surface area (Å²) in [6.07, 6.45) is 1.40. The molecule has 1 saturated heterocycles. The van der Waals surface area contributed by atoms with Crippen molar-refractivity contribution < 1.29 is 19.1 Å². The number of imide groups is 1. The lowest BCUT2D eigenvalue weighted by molar-refractivity contribution is -0.124. The van der Waals surface area contributed by atoms with E-state index in [0.29, 0.717) is 35.6 Å². The summed E-state index contributed by atoms with van der Waals surface area (Å²) in [6.45, 7) is 0.732. The van der Waals surface area contributed by atoms with E-state index in [1.807, 2.05) is 41.3 Å². The summed E-state index contributed by atoms with van der Waals surface area (Å²) in [5, 5.41) is 2.47. The maximum atomic E-state index is 12.9. The first kappa shape index (κ1) is 21.5. The van der Waals surface area contributed by atoms with Gasteiger partial charge in [-0.3, -0.25) is 24.6 Å². The van der Waals surface area contributed by atoms with Crippen LogP contribution in [-0.2, 0) is 4.79 Å². The molecular formula is C26H24N2O4. The minimum atomic E-state index is -0.504. The standard InChI is InChI=1S/C26H24N2O4/c29-24(20-11-7-14-22(17-20)32-21-12-5-2-6-13-21)18-28-16-8-15-23(28)26(31)27-25(30)19-9-3-1-4-10-19/h1-7,9-14,17,23H,8,15-16,18H2,(H,27,30,31)/t23-/m0/s1. The number of Topliss-reactive ketones (excluding diaryl/α,β-unsaturated/α-hetero) is 1. The zero-order valence-corrected chi connectivity index (χ0v) is 17.6. The van der Waals surface area contributed by atoms with Gasteiger partial charge in [0.1, 0.15) is 11.5 Å². The minimum absolute atomic E-state index is 0.0994. The lowest BCUT2D eigenvalue weighted by Gasteiger charge is -2.22. The van der Waals surface area contributed by atoms with Gasteiger partial charge in [0.2, 0.25) is 5.91 Å². The predicted molar refractivity (Wildman–Crippen MR) is 121 cm³/mol. The van der Waals surface area contributed by atoms with Gasteiger partial charge in [0.15, 0.2) is 5.78 Å². The molecule has 1 N–H and O–H groups in total. The van der Waals surface area contributed by atoms with E-state index in [9.17, 15) is 14.4 Å². The third-order valence-electron chi connectivity index (χ3n) is 5.42. The first-order chi connectivity index (χ1) is 15.6. The van der Waals surface area contributed by atoms with E-state index >= 15 is 0 Å². The summed E-state index contributed by atoms with van der Waals surface area (Å²) in [6, 6.07) is 24.5. The number of nitrogens with zero attached hydrogens (tertiary/aromatic N) is 1.